The van der Waals surface area contributed by atoms with Crippen LogP contribution in [0.5, 0.6) is 0 Å². The van der Waals surface area contributed by atoms with Gasteiger partial charge in [0.15, 0.2) is 0 Å². The number of nitrogen functional groups attached to an aromatic ring is 2. The summed E-state index contributed by atoms with van der Waals surface area (Å²) in [7, 11) is 0. The van der Waals surface area contributed by atoms with Crippen LogP contribution in [0.4, 0.5) is 22.7 Å². The molecular weight excluding hydrogens is 335 g/mol. The summed E-state index contributed by atoms with van der Waals surface area (Å²) in [5.74, 6) is 0. The van der Waals surface area contributed by atoms with Gasteiger partial charge >= 0.3 is 0 Å². The van der Waals surface area contributed by atoms with Crippen LogP contribution in [0.2, 0.25) is 10.0 Å². The molecule has 2 rings (SSSR count). The van der Waals surface area contributed by atoms with E-state index in [4.69, 9.17) is 34.7 Å². The Balaban J connectivity index is 0.000000220. The Hall–Kier alpha value is -2.58. The standard InChI is InChI=1S/2C6H5ClN2O2/c7-5-3-4(9(10)11)1-2-6(5)8;7-4-1-2-5(8)6(3-4)9(10)11/h2*1-3H,8H2. The number of nitro groups is 2. The molecule has 8 nitrogen and oxygen atoms in total. The van der Waals surface area contributed by atoms with Gasteiger partial charge in [0.2, 0.25) is 0 Å². The summed E-state index contributed by atoms with van der Waals surface area (Å²) in [5, 5.41) is 20.9. The van der Waals surface area contributed by atoms with E-state index in [0.29, 0.717) is 10.7 Å². The number of nitrogens with two attached hydrogens (primary N) is 2. The lowest BCUT2D eigenvalue weighted by molar-refractivity contribution is -0.384. The van der Waals surface area contributed by atoms with Crippen molar-refractivity contribution in [2.45, 2.75) is 0 Å². The van der Waals surface area contributed by atoms with Gasteiger partial charge in [-0.05, 0) is 18.2 Å². The Labute approximate surface area is 134 Å². The van der Waals surface area contributed by atoms with E-state index in [9.17, 15) is 20.2 Å². The lowest BCUT2D eigenvalue weighted by Crippen LogP contribution is -1.94. The van der Waals surface area contributed by atoms with E-state index in [1.807, 2.05) is 0 Å². The number of anilines is 2. The van der Waals surface area contributed by atoms with Crippen molar-refractivity contribution in [2.24, 2.45) is 0 Å². The van der Waals surface area contributed by atoms with Crippen LogP contribution >= 0.6 is 23.2 Å². The van der Waals surface area contributed by atoms with Crippen molar-refractivity contribution < 1.29 is 9.85 Å². The minimum Gasteiger partial charge on any atom is -0.398 e. The zero-order valence-electron chi connectivity index (χ0n) is 10.9. The highest BCUT2D eigenvalue weighted by atomic mass is 35.5. The normalized spacial score (nSPS) is 9.55. The van der Waals surface area contributed by atoms with E-state index < -0.39 is 9.85 Å². The van der Waals surface area contributed by atoms with Crippen LogP contribution in [0.1, 0.15) is 0 Å². The number of hydrogen-bond donors (Lipinski definition) is 2. The molecule has 0 radical (unpaired) electrons. The Morgan fingerprint density at radius 1 is 0.864 bits per heavy atom. The molecule has 116 valence electrons. The summed E-state index contributed by atoms with van der Waals surface area (Å²) >= 11 is 11.0. The molecule has 0 heterocycles. The van der Waals surface area contributed by atoms with E-state index in [1.165, 1.54) is 36.4 Å². The van der Waals surface area contributed by atoms with Crippen LogP contribution < -0.4 is 11.5 Å². The molecule has 0 saturated heterocycles. The van der Waals surface area contributed by atoms with Crippen LogP contribution in [0, 0.1) is 20.2 Å². The minimum atomic E-state index is -0.568. The third kappa shape index (κ3) is 4.76. The fraction of sp³-hybridized carbons (Fsp3) is 0. The number of hydrogen-bond acceptors (Lipinski definition) is 6. The highest BCUT2D eigenvalue weighted by molar-refractivity contribution is 6.33. The van der Waals surface area contributed by atoms with Crippen LogP contribution in [0.15, 0.2) is 36.4 Å². The van der Waals surface area contributed by atoms with E-state index in [0.717, 1.165) is 0 Å². The lowest BCUT2D eigenvalue weighted by Gasteiger charge is -1.95. The predicted octanol–water partition coefficient (Wildman–Crippen LogP) is 3.66. The molecule has 10 heteroatoms. The van der Waals surface area contributed by atoms with Crippen molar-refractivity contribution in [3.8, 4) is 0 Å². The number of nitro benzene ring substituents is 2. The Morgan fingerprint density at radius 3 is 1.91 bits per heavy atom. The van der Waals surface area contributed by atoms with E-state index in [2.05, 4.69) is 0 Å². The average molecular weight is 345 g/mol. The zero-order chi connectivity index (χ0) is 16.9. The second kappa shape index (κ2) is 7.43. The number of nitrogens with zero attached hydrogens (tertiary/aromatic N) is 2. The fourth-order valence-corrected chi connectivity index (χ4v) is 1.65. The molecule has 0 atom stereocenters. The average Bonchev–Trinajstić information content (AvgIpc) is 2.44. The van der Waals surface area contributed by atoms with Gasteiger partial charge in [0, 0.05) is 23.2 Å². The van der Waals surface area contributed by atoms with Crippen LogP contribution in [0.3, 0.4) is 0 Å². The smallest absolute Gasteiger partial charge is 0.293 e. The molecule has 0 aliphatic carbocycles. The summed E-state index contributed by atoms with van der Waals surface area (Å²) in [5.41, 5.74) is 10.9. The number of benzene rings is 2. The van der Waals surface area contributed by atoms with Crippen molar-refractivity contribution in [3.63, 3.8) is 0 Å². The summed E-state index contributed by atoms with van der Waals surface area (Å²) in [4.78, 5) is 19.3. The van der Waals surface area contributed by atoms with Gasteiger partial charge in [0.05, 0.1) is 20.6 Å². The SMILES string of the molecule is Nc1ccc(Cl)cc1[N+](=O)[O-].Nc1ccc([N+](=O)[O-])cc1Cl. The van der Waals surface area contributed by atoms with Gasteiger partial charge in [-0.15, -0.1) is 0 Å². The summed E-state index contributed by atoms with van der Waals surface area (Å²) in [6, 6.07) is 8.06. The maximum Gasteiger partial charge on any atom is 0.293 e. The molecule has 2 aromatic rings. The van der Waals surface area contributed by atoms with Crippen LogP contribution in [0.25, 0.3) is 0 Å². The molecular formula is C12H10Cl2N4O4. The van der Waals surface area contributed by atoms with Gasteiger partial charge in [0.1, 0.15) is 5.69 Å². The molecule has 0 saturated carbocycles. The molecule has 22 heavy (non-hydrogen) atoms. The molecule has 0 unspecified atom stereocenters. The molecule has 0 amide bonds. The van der Waals surface area contributed by atoms with Crippen LogP contribution in [-0.2, 0) is 0 Å². The van der Waals surface area contributed by atoms with Crippen molar-refractivity contribution in [2.75, 3.05) is 11.5 Å². The fourth-order valence-electron chi connectivity index (χ4n) is 1.30. The molecule has 0 fully saturated rings. The topological polar surface area (TPSA) is 138 Å². The Morgan fingerprint density at radius 2 is 1.45 bits per heavy atom. The molecule has 0 aliphatic heterocycles. The largest absolute Gasteiger partial charge is 0.398 e. The maximum atomic E-state index is 10.2. The molecule has 0 spiro atoms. The van der Waals surface area contributed by atoms with Gasteiger partial charge in [-0.3, -0.25) is 20.2 Å². The Kier molecular flexibility index (Phi) is 5.90. The van der Waals surface area contributed by atoms with Crippen molar-refractivity contribution in [1.82, 2.24) is 0 Å². The van der Waals surface area contributed by atoms with Crippen LogP contribution in [-0.4, -0.2) is 9.85 Å². The molecule has 0 aliphatic rings. The second-order valence-electron chi connectivity index (χ2n) is 3.92. The van der Waals surface area contributed by atoms with E-state index in [1.54, 1.807) is 0 Å². The molecule has 4 N–H and O–H groups in total. The first-order valence-corrected chi connectivity index (χ1v) is 6.36. The van der Waals surface area contributed by atoms with E-state index >= 15 is 0 Å². The highest BCUT2D eigenvalue weighted by Crippen LogP contribution is 2.24. The highest BCUT2D eigenvalue weighted by Gasteiger charge is 2.10. The second-order valence-corrected chi connectivity index (χ2v) is 4.77. The van der Waals surface area contributed by atoms with Crippen molar-refractivity contribution in [1.29, 1.82) is 0 Å². The van der Waals surface area contributed by atoms with Gasteiger partial charge in [-0.2, -0.15) is 0 Å². The lowest BCUT2D eigenvalue weighted by atomic mass is 10.3. The van der Waals surface area contributed by atoms with Crippen molar-refractivity contribution in [3.05, 3.63) is 66.7 Å². The van der Waals surface area contributed by atoms with Gasteiger partial charge in [-0.25, -0.2) is 0 Å². The van der Waals surface area contributed by atoms with Crippen molar-refractivity contribution >= 4 is 46.0 Å². The van der Waals surface area contributed by atoms with Gasteiger partial charge in [-0.1, -0.05) is 23.2 Å². The third-order valence-corrected chi connectivity index (χ3v) is 2.95. The molecule has 2 aromatic carbocycles. The van der Waals surface area contributed by atoms with Gasteiger partial charge < -0.3 is 11.5 Å². The van der Waals surface area contributed by atoms with E-state index in [-0.39, 0.29) is 22.1 Å². The number of rotatable bonds is 2. The minimum absolute atomic E-state index is 0.0517. The first kappa shape index (κ1) is 17.5. The first-order chi connectivity index (χ1) is 10.2. The summed E-state index contributed by atoms with van der Waals surface area (Å²) in [6.45, 7) is 0. The predicted molar refractivity (Wildman–Crippen MR) is 85.0 cm³/mol. The quantitative estimate of drug-likeness (QED) is 0.484. The third-order valence-electron chi connectivity index (χ3n) is 2.38. The maximum absolute atomic E-state index is 10.2. The number of non-ortho nitro benzene ring substituents is 1. The summed E-state index contributed by atoms with van der Waals surface area (Å²) < 4.78 is 0. The number of halogens is 2. The zero-order valence-corrected chi connectivity index (χ0v) is 12.4. The Bertz CT molecular complexity index is 724. The summed E-state index contributed by atoms with van der Waals surface area (Å²) in [6.07, 6.45) is 0. The molecule has 0 aromatic heterocycles. The molecule has 0 bridgehead atoms. The monoisotopic (exact) mass is 344 g/mol. The van der Waals surface area contributed by atoms with Gasteiger partial charge in [0.25, 0.3) is 11.4 Å². The first-order valence-electron chi connectivity index (χ1n) is 5.61.